The van der Waals surface area contributed by atoms with E-state index < -0.39 is 5.82 Å². The third kappa shape index (κ3) is 1.89. The first-order valence-corrected chi connectivity index (χ1v) is 6.08. The molecule has 1 aliphatic rings. The van der Waals surface area contributed by atoms with Gasteiger partial charge in [0, 0.05) is 10.9 Å². The van der Waals surface area contributed by atoms with E-state index >= 15 is 0 Å². The minimum absolute atomic E-state index is 0.370. The Balaban J connectivity index is 2.20. The minimum Gasteiger partial charge on any atom is -0.269 e. The van der Waals surface area contributed by atoms with Crippen LogP contribution in [0.5, 0.6) is 0 Å². The predicted molar refractivity (Wildman–Crippen MR) is 65.7 cm³/mol. The quantitative estimate of drug-likeness (QED) is 0.845. The molecule has 0 radical (unpaired) electrons. The van der Waals surface area contributed by atoms with Crippen LogP contribution in [-0.2, 0) is 0 Å². The van der Waals surface area contributed by atoms with E-state index in [1.54, 1.807) is 16.7 Å². The first kappa shape index (κ1) is 10.9. The molecule has 0 aliphatic heterocycles. The van der Waals surface area contributed by atoms with E-state index in [4.69, 9.17) is 23.8 Å². The Morgan fingerprint density at radius 2 is 2.24 bits per heavy atom. The molecule has 0 spiro atoms. The molecule has 1 saturated carbocycles. The highest BCUT2D eigenvalue weighted by Gasteiger charge is 2.30. The van der Waals surface area contributed by atoms with E-state index in [1.165, 1.54) is 6.07 Å². The van der Waals surface area contributed by atoms with E-state index in [0.29, 0.717) is 21.4 Å². The number of nitrogens with one attached hydrogen (secondary N) is 1. The number of rotatable bonds is 2. The minimum atomic E-state index is -0.392. The molecule has 0 bridgehead atoms. The number of aromatic amines is 1. The van der Waals surface area contributed by atoms with Crippen molar-refractivity contribution in [2.24, 2.45) is 0 Å². The van der Waals surface area contributed by atoms with Crippen LogP contribution < -0.4 is 0 Å². The van der Waals surface area contributed by atoms with E-state index in [0.717, 1.165) is 18.7 Å². The summed E-state index contributed by atoms with van der Waals surface area (Å²) in [7, 11) is 0. The summed E-state index contributed by atoms with van der Waals surface area (Å²) >= 11 is 10.9. The number of H-pyrrole nitrogens is 1. The van der Waals surface area contributed by atoms with E-state index in [1.807, 2.05) is 0 Å². The molecule has 1 aliphatic carbocycles. The van der Waals surface area contributed by atoms with Crippen LogP contribution in [0, 0.1) is 10.6 Å². The van der Waals surface area contributed by atoms with Crippen LogP contribution in [0.25, 0.3) is 5.69 Å². The first-order valence-electron chi connectivity index (χ1n) is 5.29. The Bertz CT molecular complexity index is 630. The van der Waals surface area contributed by atoms with Gasteiger partial charge in [0.05, 0.1) is 5.69 Å². The van der Waals surface area contributed by atoms with Gasteiger partial charge < -0.3 is 0 Å². The van der Waals surface area contributed by atoms with Gasteiger partial charge in [-0.15, -0.1) is 0 Å². The first-order chi connectivity index (χ1) is 8.16. The normalized spacial score (nSPS) is 15.2. The highest BCUT2D eigenvalue weighted by molar-refractivity contribution is 7.71. The monoisotopic (exact) mass is 269 g/mol. The maximum atomic E-state index is 13.9. The molecular formula is C11H9ClFN3S. The molecule has 0 unspecified atom stereocenters. The molecule has 1 heterocycles. The molecule has 2 aromatic rings. The molecule has 3 rings (SSSR count). The summed E-state index contributed by atoms with van der Waals surface area (Å²) in [6.45, 7) is 0. The van der Waals surface area contributed by atoms with Gasteiger partial charge in [-0.2, -0.15) is 5.10 Å². The SMILES string of the molecule is Fc1cc(Cl)ccc1-n1c(C2CC2)n[nH]c1=S. The van der Waals surface area contributed by atoms with Crippen molar-refractivity contribution in [3.8, 4) is 5.69 Å². The van der Waals surface area contributed by atoms with E-state index in [2.05, 4.69) is 10.2 Å². The van der Waals surface area contributed by atoms with E-state index in [9.17, 15) is 4.39 Å². The average molecular weight is 270 g/mol. The third-order valence-electron chi connectivity index (χ3n) is 2.79. The van der Waals surface area contributed by atoms with Gasteiger partial charge in [0.15, 0.2) is 4.77 Å². The Morgan fingerprint density at radius 3 is 2.88 bits per heavy atom. The molecule has 6 heteroatoms. The largest absolute Gasteiger partial charge is 0.269 e. The van der Waals surface area contributed by atoms with Crippen molar-refractivity contribution in [3.63, 3.8) is 0 Å². The van der Waals surface area contributed by atoms with Crippen molar-refractivity contribution < 1.29 is 4.39 Å². The second kappa shape index (κ2) is 3.92. The van der Waals surface area contributed by atoms with Crippen LogP contribution in [-0.4, -0.2) is 14.8 Å². The fourth-order valence-electron chi connectivity index (χ4n) is 1.82. The highest BCUT2D eigenvalue weighted by atomic mass is 35.5. The lowest BCUT2D eigenvalue weighted by atomic mass is 10.3. The number of benzene rings is 1. The van der Waals surface area contributed by atoms with Gasteiger partial charge in [-0.3, -0.25) is 9.67 Å². The topological polar surface area (TPSA) is 33.6 Å². The van der Waals surface area contributed by atoms with E-state index in [-0.39, 0.29) is 0 Å². The van der Waals surface area contributed by atoms with Crippen molar-refractivity contribution >= 4 is 23.8 Å². The molecule has 1 aromatic heterocycles. The molecular weight excluding hydrogens is 261 g/mol. The smallest absolute Gasteiger partial charge is 0.199 e. The van der Waals surface area contributed by atoms with Crippen molar-refractivity contribution in [2.45, 2.75) is 18.8 Å². The zero-order valence-electron chi connectivity index (χ0n) is 8.78. The zero-order valence-corrected chi connectivity index (χ0v) is 10.4. The lowest BCUT2D eigenvalue weighted by molar-refractivity contribution is 0.614. The van der Waals surface area contributed by atoms with Crippen LogP contribution in [0.1, 0.15) is 24.6 Å². The molecule has 88 valence electrons. The Labute approximate surface area is 107 Å². The van der Waals surface area contributed by atoms with Gasteiger partial charge in [0.25, 0.3) is 0 Å². The number of hydrogen-bond acceptors (Lipinski definition) is 2. The second-order valence-electron chi connectivity index (χ2n) is 4.09. The van der Waals surface area contributed by atoms with Crippen LogP contribution in [0.2, 0.25) is 5.02 Å². The Hall–Kier alpha value is -1.20. The van der Waals surface area contributed by atoms with Gasteiger partial charge in [-0.1, -0.05) is 11.6 Å². The maximum absolute atomic E-state index is 13.9. The van der Waals surface area contributed by atoms with Crippen molar-refractivity contribution in [2.75, 3.05) is 0 Å². The number of aromatic nitrogens is 3. The Kier molecular flexibility index (Phi) is 2.52. The summed E-state index contributed by atoms with van der Waals surface area (Å²) < 4.78 is 15.9. The summed E-state index contributed by atoms with van der Waals surface area (Å²) in [5, 5.41) is 7.25. The van der Waals surface area contributed by atoms with Crippen LogP contribution in [0.3, 0.4) is 0 Å². The molecule has 1 aromatic carbocycles. The fraction of sp³-hybridized carbons (Fsp3) is 0.273. The highest BCUT2D eigenvalue weighted by Crippen LogP contribution is 2.40. The fourth-order valence-corrected chi connectivity index (χ4v) is 2.22. The van der Waals surface area contributed by atoms with Gasteiger partial charge in [-0.05, 0) is 43.3 Å². The molecule has 0 amide bonds. The summed E-state index contributed by atoms with van der Waals surface area (Å²) in [6, 6.07) is 4.54. The molecule has 0 saturated heterocycles. The van der Waals surface area contributed by atoms with Crippen LogP contribution in [0.15, 0.2) is 18.2 Å². The molecule has 3 nitrogen and oxygen atoms in total. The summed E-state index contributed by atoms with van der Waals surface area (Å²) in [6.07, 6.45) is 2.16. The predicted octanol–water partition coefficient (Wildman–Crippen LogP) is 3.60. The van der Waals surface area contributed by atoms with Gasteiger partial charge in [0.2, 0.25) is 0 Å². The maximum Gasteiger partial charge on any atom is 0.199 e. The summed E-state index contributed by atoms with van der Waals surface area (Å²) in [5.74, 6) is 0.797. The lowest BCUT2D eigenvalue weighted by Crippen LogP contribution is -2.02. The van der Waals surface area contributed by atoms with Crippen LogP contribution in [0.4, 0.5) is 4.39 Å². The molecule has 0 atom stereocenters. The Morgan fingerprint density at radius 1 is 1.47 bits per heavy atom. The number of hydrogen-bond donors (Lipinski definition) is 1. The molecule has 1 N–H and O–H groups in total. The van der Waals surface area contributed by atoms with Gasteiger partial charge in [-0.25, -0.2) is 4.39 Å². The summed E-state index contributed by atoms with van der Waals surface area (Å²) in [5.41, 5.74) is 0.398. The number of halogens is 2. The average Bonchev–Trinajstić information content (AvgIpc) is 3.04. The van der Waals surface area contributed by atoms with Crippen molar-refractivity contribution in [1.29, 1.82) is 0 Å². The van der Waals surface area contributed by atoms with Crippen LogP contribution >= 0.6 is 23.8 Å². The van der Waals surface area contributed by atoms with Gasteiger partial charge in [0.1, 0.15) is 11.6 Å². The zero-order chi connectivity index (χ0) is 12.0. The molecule has 1 fully saturated rings. The standard InChI is InChI=1S/C11H9ClFN3S/c12-7-3-4-9(8(13)5-7)16-10(6-1-2-6)14-15-11(16)17/h3-6H,1-2H2,(H,15,17). The van der Waals surface area contributed by atoms with Crippen molar-refractivity contribution in [3.05, 3.63) is 39.6 Å². The molecule has 17 heavy (non-hydrogen) atoms. The number of nitrogens with zero attached hydrogens (tertiary/aromatic N) is 2. The van der Waals surface area contributed by atoms with Gasteiger partial charge >= 0.3 is 0 Å². The third-order valence-corrected chi connectivity index (χ3v) is 3.30. The van der Waals surface area contributed by atoms with Crippen molar-refractivity contribution in [1.82, 2.24) is 14.8 Å². The second-order valence-corrected chi connectivity index (χ2v) is 4.92. The summed E-state index contributed by atoms with van der Waals surface area (Å²) in [4.78, 5) is 0. The lowest BCUT2D eigenvalue weighted by Gasteiger charge is -2.07.